The minimum atomic E-state index is 0.570. The molecule has 2 rings (SSSR count). The first-order chi connectivity index (χ1) is 9.28. The van der Waals surface area contributed by atoms with E-state index in [1.807, 2.05) is 0 Å². The average Bonchev–Trinajstić information content (AvgIpc) is 2.41. The van der Waals surface area contributed by atoms with Crippen LogP contribution in [0.4, 0.5) is 0 Å². The lowest BCUT2D eigenvalue weighted by atomic mass is 9.69. The molecule has 0 spiro atoms. The molecule has 0 aliphatic heterocycles. The van der Waals surface area contributed by atoms with Gasteiger partial charge in [-0.2, -0.15) is 0 Å². The van der Waals surface area contributed by atoms with Crippen LogP contribution in [0.2, 0.25) is 0 Å². The van der Waals surface area contributed by atoms with Crippen LogP contribution in [0.1, 0.15) is 65.2 Å². The van der Waals surface area contributed by atoms with Crippen LogP contribution < -0.4 is 5.32 Å². The molecular formula is C17H33NO. The summed E-state index contributed by atoms with van der Waals surface area (Å²) in [5.41, 5.74) is 0. The zero-order chi connectivity index (χ0) is 13.7. The van der Waals surface area contributed by atoms with Crippen molar-refractivity contribution in [2.75, 3.05) is 13.7 Å². The maximum Gasteiger partial charge on any atom is 0.0580 e. The predicted molar refractivity (Wildman–Crippen MR) is 81.3 cm³/mol. The molecule has 1 N–H and O–H groups in total. The highest BCUT2D eigenvalue weighted by Gasteiger charge is 2.35. The third-order valence-electron chi connectivity index (χ3n) is 5.56. The van der Waals surface area contributed by atoms with E-state index < -0.39 is 0 Å². The summed E-state index contributed by atoms with van der Waals surface area (Å²) in [7, 11) is 2.17. The second-order valence-electron chi connectivity index (χ2n) is 6.66. The van der Waals surface area contributed by atoms with Crippen molar-refractivity contribution in [1.29, 1.82) is 0 Å². The molecule has 2 aliphatic rings. The van der Waals surface area contributed by atoms with Crippen molar-refractivity contribution in [3.63, 3.8) is 0 Å². The Kier molecular flexibility index (Phi) is 6.15. The maximum atomic E-state index is 5.69. The number of nitrogens with one attached hydrogen (secondary N) is 1. The molecule has 0 aromatic heterocycles. The Bertz CT molecular complexity index is 250. The van der Waals surface area contributed by atoms with Crippen molar-refractivity contribution in [3.8, 4) is 0 Å². The van der Waals surface area contributed by atoms with Crippen molar-refractivity contribution < 1.29 is 4.74 Å². The monoisotopic (exact) mass is 267 g/mol. The minimum absolute atomic E-state index is 0.570. The Balaban J connectivity index is 1.79. The molecule has 0 aromatic rings. The lowest BCUT2D eigenvalue weighted by Gasteiger charge is -2.42. The van der Waals surface area contributed by atoms with Crippen LogP contribution in [0.15, 0.2) is 0 Å². The van der Waals surface area contributed by atoms with Crippen LogP contribution in [0.5, 0.6) is 0 Å². The molecule has 2 nitrogen and oxygen atoms in total. The van der Waals surface area contributed by atoms with Crippen LogP contribution >= 0.6 is 0 Å². The van der Waals surface area contributed by atoms with Gasteiger partial charge in [-0.1, -0.05) is 32.6 Å². The quantitative estimate of drug-likeness (QED) is 0.753. The van der Waals surface area contributed by atoms with E-state index in [0.717, 1.165) is 30.4 Å². The fourth-order valence-corrected chi connectivity index (χ4v) is 4.38. The average molecular weight is 267 g/mol. The number of hydrogen-bond donors (Lipinski definition) is 1. The van der Waals surface area contributed by atoms with Crippen LogP contribution in [-0.4, -0.2) is 25.8 Å². The van der Waals surface area contributed by atoms with Gasteiger partial charge < -0.3 is 10.1 Å². The highest BCUT2D eigenvalue weighted by Crippen LogP contribution is 2.40. The fraction of sp³-hybridized carbons (Fsp3) is 1.00. The van der Waals surface area contributed by atoms with E-state index in [1.54, 1.807) is 0 Å². The lowest BCUT2D eigenvalue weighted by molar-refractivity contribution is -0.0323. The van der Waals surface area contributed by atoms with Crippen molar-refractivity contribution >= 4 is 0 Å². The van der Waals surface area contributed by atoms with Gasteiger partial charge in [0.05, 0.1) is 6.10 Å². The van der Waals surface area contributed by atoms with Gasteiger partial charge in [-0.25, -0.2) is 0 Å². The summed E-state index contributed by atoms with van der Waals surface area (Å²) in [6.07, 6.45) is 11.7. The standard InChI is InChI=1S/C17H33NO/c1-4-14-8-6-7-9-16(14)17(18-3)12-13-10-15(11-13)19-5-2/h13-18H,4-12H2,1-3H3. The van der Waals surface area contributed by atoms with Gasteiger partial charge in [-0.15, -0.1) is 0 Å². The Morgan fingerprint density at radius 3 is 2.53 bits per heavy atom. The number of rotatable bonds is 7. The highest BCUT2D eigenvalue weighted by atomic mass is 16.5. The van der Waals surface area contributed by atoms with Crippen molar-refractivity contribution in [3.05, 3.63) is 0 Å². The van der Waals surface area contributed by atoms with Gasteiger partial charge in [0.25, 0.3) is 0 Å². The molecule has 0 radical (unpaired) electrons. The van der Waals surface area contributed by atoms with Gasteiger partial charge in [0.2, 0.25) is 0 Å². The Morgan fingerprint density at radius 2 is 1.89 bits per heavy atom. The summed E-state index contributed by atoms with van der Waals surface area (Å²) >= 11 is 0. The molecule has 0 aromatic carbocycles. The number of ether oxygens (including phenoxy) is 1. The summed E-state index contributed by atoms with van der Waals surface area (Å²) in [5.74, 6) is 2.80. The summed E-state index contributed by atoms with van der Waals surface area (Å²) in [5, 5.41) is 3.64. The lowest BCUT2D eigenvalue weighted by Crippen LogP contribution is -2.43. The van der Waals surface area contributed by atoms with E-state index in [4.69, 9.17) is 4.74 Å². The van der Waals surface area contributed by atoms with Gasteiger partial charge in [-0.3, -0.25) is 0 Å². The van der Waals surface area contributed by atoms with Crippen LogP contribution in [-0.2, 0) is 4.74 Å². The van der Waals surface area contributed by atoms with Crippen LogP contribution in [0.3, 0.4) is 0 Å². The van der Waals surface area contributed by atoms with Gasteiger partial charge in [-0.05, 0) is 57.4 Å². The summed E-state index contributed by atoms with van der Waals surface area (Å²) in [6.45, 7) is 5.37. The van der Waals surface area contributed by atoms with E-state index in [-0.39, 0.29) is 0 Å². The predicted octanol–water partition coefficient (Wildman–Crippen LogP) is 4.00. The topological polar surface area (TPSA) is 21.3 Å². The SMILES string of the molecule is CCOC1CC(CC(NC)C2CCCCC2CC)C1. The molecule has 0 heterocycles. The van der Waals surface area contributed by atoms with Crippen LogP contribution in [0, 0.1) is 17.8 Å². The Morgan fingerprint density at radius 1 is 1.16 bits per heavy atom. The molecule has 0 saturated heterocycles. The maximum absolute atomic E-state index is 5.69. The molecule has 2 fully saturated rings. The minimum Gasteiger partial charge on any atom is -0.378 e. The second kappa shape index (κ2) is 7.64. The zero-order valence-corrected chi connectivity index (χ0v) is 13.2. The Hall–Kier alpha value is -0.0800. The molecule has 112 valence electrons. The molecule has 19 heavy (non-hydrogen) atoms. The summed E-state index contributed by atoms with van der Waals surface area (Å²) < 4.78 is 5.69. The van der Waals surface area contributed by atoms with E-state index in [0.29, 0.717) is 6.10 Å². The fourth-order valence-electron chi connectivity index (χ4n) is 4.38. The number of hydrogen-bond acceptors (Lipinski definition) is 2. The molecule has 0 amide bonds. The summed E-state index contributed by atoms with van der Waals surface area (Å²) in [6, 6.07) is 0.748. The molecule has 2 heteroatoms. The van der Waals surface area contributed by atoms with E-state index >= 15 is 0 Å². The first-order valence-electron chi connectivity index (χ1n) is 8.57. The summed E-state index contributed by atoms with van der Waals surface area (Å²) in [4.78, 5) is 0. The van der Waals surface area contributed by atoms with Crippen molar-refractivity contribution in [2.24, 2.45) is 17.8 Å². The first-order valence-corrected chi connectivity index (χ1v) is 8.57. The van der Waals surface area contributed by atoms with E-state index in [1.165, 1.54) is 51.4 Å². The van der Waals surface area contributed by atoms with Crippen LogP contribution in [0.25, 0.3) is 0 Å². The smallest absolute Gasteiger partial charge is 0.0580 e. The normalized spacial score (nSPS) is 36.8. The molecular weight excluding hydrogens is 234 g/mol. The van der Waals surface area contributed by atoms with Gasteiger partial charge >= 0.3 is 0 Å². The van der Waals surface area contributed by atoms with Crippen molar-refractivity contribution in [1.82, 2.24) is 5.32 Å². The van der Waals surface area contributed by atoms with Crippen molar-refractivity contribution in [2.45, 2.75) is 77.4 Å². The third kappa shape index (κ3) is 3.95. The van der Waals surface area contributed by atoms with Gasteiger partial charge in [0.15, 0.2) is 0 Å². The zero-order valence-electron chi connectivity index (χ0n) is 13.2. The molecule has 3 unspecified atom stereocenters. The highest BCUT2D eigenvalue weighted by molar-refractivity contribution is 4.89. The molecule has 0 bridgehead atoms. The van der Waals surface area contributed by atoms with Gasteiger partial charge in [0.1, 0.15) is 0 Å². The molecule has 3 atom stereocenters. The van der Waals surface area contributed by atoms with Gasteiger partial charge in [0, 0.05) is 12.6 Å². The first kappa shape index (κ1) is 15.3. The second-order valence-corrected chi connectivity index (χ2v) is 6.66. The third-order valence-corrected chi connectivity index (χ3v) is 5.56. The van der Waals surface area contributed by atoms with E-state index in [2.05, 4.69) is 26.2 Å². The molecule has 2 aliphatic carbocycles. The molecule has 2 saturated carbocycles. The van der Waals surface area contributed by atoms with E-state index in [9.17, 15) is 0 Å². The largest absolute Gasteiger partial charge is 0.378 e. The Labute approximate surface area is 119 Å².